The Balaban J connectivity index is 2.71. The second-order valence-corrected chi connectivity index (χ2v) is 0.895. The van der Waals surface area contributed by atoms with E-state index in [2.05, 4.69) is 4.42 Å². The van der Waals surface area contributed by atoms with Gasteiger partial charge in [-0.15, -0.1) is 0 Å². The standard InChI is InChI=1S/C3H3O2/c4-3-1-5-2-3/h1H,2H2/q+1. The summed E-state index contributed by atoms with van der Waals surface area (Å²) in [6, 6.07) is 0. The molecule has 1 heterocycles. The van der Waals surface area contributed by atoms with Gasteiger partial charge >= 0.3 is 18.7 Å². The molecule has 0 saturated heterocycles. The molecule has 0 atom stereocenters. The number of aldehydes is 1. The topological polar surface area (TPSA) is 28.4 Å². The van der Waals surface area contributed by atoms with E-state index in [9.17, 15) is 4.79 Å². The van der Waals surface area contributed by atoms with Gasteiger partial charge in [0.25, 0.3) is 0 Å². The zero-order valence-corrected chi connectivity index (χ0v) is 2.60. The van der Waals surface area contributed by atoms with Gasteiger partial charge in [0.2, 0.25) is 0 Å². The van der Waals surface area contributed by atoms with Gasteiger partial charge in [0.05, 0.1) is 0 Å². The second-order valence-electron chi connectivity index (χ2n) is 0.895. The van der Waals surface area contributed by atoms with Crippen LogP contribution in [0.3, 0.4) is 0 Å². The molecular formula is C3H3O2+. The van der Waals surface area contributed by atoms with Crippen molar-refractivity contribution in [3.63, 3.8) is 0 Å². The SMILES string of the molecule is O=C1C=[O+]C1. The van der Waals surface area contributed by atoms with Crippen molar-refractivity contribution in [3.05, 3.63) is 0 Å². The summed E-state index contributed by atoms with van der Waals surface area (Å²) in [6.07, 6.45) is 1.21. The van der Waals surface area contributed by atoms with E-state index in [-0.39, 0.29) is 5.78 Å². The number of hydrogen-bond acceptors (Lipinski definition) is 1. The Morgan fingerprint density at radius 2 is 2.40 bits per heavy atom. The monoisotopic (exact) mass is 71.0 g/mol. The fourth-order valence-corrected chi connectivity index (χ4v) is 0.151. The van der Waals surface area contributed by atoms with Crippen molar-refractivity contribution in [2.75, 3.05) is 6.61 Å². The van der Waals surface area contributed by atoms with Crippen molar-refractivity contribution < 1.29 is 9.22 Å². The smallest absolute Gasteiger partial charge is 0.274 e. The molecule has 5 heavy (non-hydrogen) atoms. The maximum absolute atomic E-state index is 9.72. The molecule has 2 heteroatoms. The molecule has 1 aliphatic heterocycles. The largest absolute Gasteiger partial charge is 0.361 e. The van der Waals surface area contributed by atoms with Crippen LogP contribution in [0.2, 0.25) is 0 Å². The third-order valence-corrected chi connectivity index (χ3v) is 0.440. The van der Waals surface area contributed by atoms with Gasteiger partial charge in [-0.2, -0.15) is 0 Å². The number of ketones is 1. The number of hydrogen-bond donors (Lipinski definition) is 0. The minimum atomic E-state index is 0.0880. The van der Waals surface area contributed by atoms with E-state index < -0.39 is 0 Å². The first-order valence-corrected chi connectivity index (χ1v) is 1.37. The van der Waals surface area contributed by atoms with Crippen LogP contribution in [0.4, 0.5) is 0 Å². The van der Waals surface area contributed by atoms with E-state index in [1.165, 1.54) is 6.29 Å². The van der Waals surface area contributed by atoms with Gasteiger partial charge in [0.15, 0.2) is 0 Å². The fraction of sp³-hybridized carbons (Fsp3) is 0.333. The number of rotatable bonds is 0. The van der Waals surface area contributed by atoms with Crippen LogP contribution in [-0.2, 0) is 9.22 Å². The Bertz CT molecular complexity index is 82.9. The van der Waals surface area contributed by atoms with Crippen molar-refractivity contribution >= 4 is 12.1 Å². The average Bonchev–Trinajstić information content (AvgIpc) is 1.30. The number of carbonyl (C=O) groups is 1. The van der Waals surface area contributed by atoms with Gasteiger partial charge in [0, 0.05) is 0 Å². The average molecular weight is 71.1 g/mol. The zero-order valence-electron chi connectivity index (χ0n) is 2.60. The van der Waals surface area contributed by atoms with Crippen molar-refractivity contribution in [2.24, 2.45) is 0 Å². The highest BCUT2D eigenvalue weighted by atomic mass is 16.4. The molecule has 0 amide bonds. The van der Waals surface area contributed by atoms with E-state index in [1.54, 1.807) is 0 Å². The number of Topliss-reactive ketones (excluding diaryl/α,β-unsaturated/α-hetero) is 1. The van der Waals surface area contributed by atoms with Gasteiger partial charge in [-0.25, -0.2) is 4.42 Å². The summed E-state index contributed by atoms with van der Waals surface area (Å²) < 4.78 is 4.36. The molecule has 0 N–H and O–H groups in total. The summed E-state index contributed by atoms with van der Waals surface area (Å²) in [5.41, 5.74) is 0. The lowest BCUT2D eigenvalue weighted by Gasteiger charge is -1.76. The molecule has 1 rings (SSSR count). The first-order valence-electron chi connectivity index (χ1n) is 1.37. The molecule has 0 spiro atoms. The highest BCUT2D eigenvalue weighted by Crippen LogP contribution is 1.72. The fourth-order valence-electron chi connectivity index (χ4n) is 0.151. The van der Waals surface area contributed by atoms with E-state index in [1.807, 2.05) is 0 Å². The minimum Gasteiger partial charge on any atom is -0.274 e. The Morgan fingerprint density at radius 1 is 2.00 bits per heavy atom. The van der Waals surface area contributed by atoms with Crippen molar-refractivity contribution in [1.29, 1.82) is 0 Å². The molecule has 2 nitrogen and oxygen atoms in total. The van der Waals surface area contributed by atoms with Crippen molar-refractivity contribution in [3.8, 4) is 0 Å². The van der Waals surface area contributed by atoms with Gasteiger partial charge in [0.1, 0.15) is 0 Å². The zero-order chi connectivity index (χ0) is 3.70. The van der Waals surface area contributed by atoms with Crippen LogP contribution in [0.25, 0.3) is 0 Å². The summed E-state index contributed by atoms with van der Waals surface area (Å²) in [5.74, 6) is 0.0880. The first kappa shape index (κ1) is 2.57. The summed E-state index contributed by atoms with van der Waals surface area (Å²) in [6.45, 7) is 0.292. The van der Waals surface area contributed by atoms with E-state index in [0.717, 1.165) is 0 Å². The van der Waals surface area contributed by atoms with Crippen LogP contribution in [0.15, 0.2) is 0 Å². The second kappa shape index (κ2) is 0.641. The molecule has 1 aliphatic rings. The third kappa shape index (κ3) is 0.210. The van der Waals surface area contributed by atoms with Gasteiger partial charge in [-0.1, -0.05) is 0 Å². The summed E-state index contributed by atoms with van der Waals surface area (Å²) >= 11 is 0. The Hall–Kier alpha value is -0.660. The van der Waals surface area contributed by atoms with Crippen LogP contribution >= 0.6 is 0 Å². The van der Waals surface area contributed by atoms with Crippen LogP contribution in [-0.4, -0.2) is 18.7 Å². The molecular weight excluding hydrogens is 68.0 g/mol. The van der Waals surface area contributed by atoms with Gasteiger partial charge < -0.3 is 0 Å². The Kier molecular flexibility index (Phi) is 0.330. The highest BCUT2D eigenvalue weighted by molar-refractivity contribution is 6.28. The van der Waals surface area contributed by atoms with E-state index in [0.29, 0.717) is 6.61 Å². The van der Waals surface area contributed by atoms with Crippen molar-refractivity contribution in [1.82, 2.24) is 0 Å². The Labute approximate surface area is 29.1 Å². The first-order chi connectivity index (χ1) is 2.39. The predicted molar refractivity (Wildman–Crippen MR) is 15.9 cm³/mol. The van der Waals surface area contributed by atoms with Crippen LogP contribution in [0, 0.1) is 0 Å². The van der Waals surface area contributed by atoms with Crippen LogP contribution < -0.4 is 0 Å². The maximum atomic E-state index is 9.72. The maximum Gasteiger partial charge on any atom is 0.361 e. The minimum absolute atomic E-state index is 0.0880. The molecule has 0 saturated carbocycles. The molecule has 26 valence electrons. The molecule has 0 bridgehead atoms. The highest BCUT2D eigenvalue weighted by Gasteiger charge is 2.18. The molecule has 0 aromatic heterocycles. The molecule has 0 aromatic rings. The Morgan fingerprint density at radius 3 is 2.40 bits per heavy atom. The number of carbonyl (C=O) groups excluding carboxylic acids is 2. The molecule has 0 unspecified atom stereocenters. The third-order valence-electron chi connectivity index (χ3n) is 0.440. The van der Waals surface area contributed by atoms with E-state index in [4.69, 9.17) is 0 Å². The normalized spacial score (nSPS) is 18.8. The quantitative estimate of drug-likeness (QED) is 0.211. The molecule has 0 radical (unpaired) electrons. The van der Waals surface area contributed by atoms with Crippen molar-refractivity contribution in [2.45, 2.75) is 0 Å². The lowest BCUT2D eigenvalue weighted by atomic mass is 10.4. The lowest BCUT2D eigenvalue weighted by Crippen LogP contribution is -2.18. The lowest BCUT2D eigenvalue weighted by molar-refractivity contribution is -0.454. The van der Waals surface area contributed by atoms with Crippen LogP contribution in [0.5, 0.6) is 0 Å². The van der Waals surface area contributed by atoms with Gasteiger partial charge in [-0.05, 0) is 0 Å². The molecule has 0 fully saturated rings. The summed E-state index contributed by atoms with van der Waals surface area (Å²) in [7, 11) is 0. The summed E-state index contributed by atoms with van der Waals surface area (Å²) in [4.78, 5) is 9.72. The van der Waals surface area contributed by atoms with Gasteiger partial charge in [-0.3, -0.25) is 4.79 Å². The van der Waals surface area contributed by atoms with E-state index >= 15 is 0 Å². The van der Waals surface area contributed by atoms with Crippen LogP contribution in [0.1, 0.15) is 0 Å². The molecule has 0 aliphatic carbocycles. The molecule has 0 aromatic carbocycles. The predicted octanol–water partition coefficient (Wildman–Crippen LogP) is -0.696. The summed E-state index contributed by atoms with van der Waals surface area (Å²) in [5, 5.41) is 0.